The van der Waals surface area contributed by atoms with Gasteiger partial charge < -0.3 is 4.74 Å². The zero-order chi connectivity index (χ0) is 14.5. The molecule has 5 nitrogen and oxygen atoms in total. The first-order valence-corrected chi connectivity index (χ1v) is 5.85. The molecule has 0 heterocycles. The minimum Gasteiger partial charge on any atom is -0.453 e. The molecule has 0 aliphatic rings. The average Bonchev–Trinajstić information content (AvgIpc) is 2.34. The van der Waals surface area contributed by atoms with Crippen molar-refractivity contribution >= 4 is 30.0 Å². The first-order valence-electron chi connectivity index (χ1n) is 5.85. The smallest absolute Gasteiger partial charge is 0.411 e. The number of amides is 1. The second kappa shape index (κ2) is 6.13. The number of rotatable bonds is 3. The van der Waals surface area contributed by atoms with Crippen LogP contribution >= 0.6 is 0 Å². The van der Waals surface area contributed by atoms with Crippen molar-refractivity contribution < 1.29 is 14.3 Å². The second-order valence-corrected chi connectivity index (χ2v) is 5.05. The van der Waals surface area contributed by atoms with E-state index in [1.807, 2.05) is 12.1 Å². The molecule has 1 rings (SSSR count). The number of methoxy groups -OCH3 is 1. The first-order chi connectivity index (χ1) is 8.86. The van der Waals surface area contributed by atoms with Gasteiger partial charge in [0.2, 0.25) is 0 Å². The molecule has 0 spiro atoms. The highest BCUT2D eigenvalue weighted by atomic mass is 16.5. The zero-order valence-corrected chi connectivity index (χ0v) is 11.6. The lowest BCUT2D eigenvalue weighted by Gasteiger charge is -2.20. The molecule has 0 unspecified atom stereocenters. The van der Waals surface area contributed by atoms with Gasteiger partial charge in [0.15, 0.2) is 6.29 Å². The molecule has 1 N–H and O–H groups in total. The summed E-state index contributed by atoms with van der Waals surface area (Å²) >= 11 is 0. The molecule has 0 saturated heterocycles. The van der Waals surface area contributed by atoms with Crippen LogP contribution in [0.4, 0.5) is 16.2 Å². The minimum absolute atomic E-state index is 0.0980. The van der Waals surface area contributed by atoms with Gasteiger partial charge in [0.05, 0.1) is 19.0 Å². The Morgan fingerprint density at radius 3 is 2.53 bits per heavy atom. The number of hydrogen-bond acceptors (Lipinski definition) is 4. The number of aldehydes is 1. The van der Waals surface area contributed by atoms with E-state index in [9.17, 15) is 9.59 Å². The summed E-state index contributed by atoms with van der Waals surface area (Å²) in [5, 5.41) is 2.60. The fourth-order valence-corrected chi connectivity index (χ4v) is 1.48. The number of anilines is 1. The van der Waals surface area contributed by atoms with Crippen LogP contribution in [0.15, 0.2) is 23.2 Å². The lowest BCUT2D eigenvalue weighted by Crippen LogP contribution is -2.14. The predicted octanol–water partition coefficient (Wildman–Crippen LogP) is 3.06. The quantitative estimate of drug-likeness (QED) is 0.672. The number of carbonyl (C=O) groups excluding carboxylic acids is 2. The molecular formula is C14H18N2O3. The van der Waals surface area contributed by atoms with E-state index >= 15 is 0 Å². The van der Waals surface area contributed by atoms with Gasteiger partial charge in [-0.15, -0.1) is 0 Å². The third-order valence-electron chi connectivity index (χ3n) is 2.50. The number of aliphatic imine (C=N–C) groups is 1. The van der Waals surface area contributed by atoms with E-state index in [1.165, 1.54) is 13.3 Å². The maximum Gasteiger partial charge on any atom is 0.411 e. The van der Waals surface area contributed by atoms with Crippen molar-refractivity contribution in [3.8, 4) is 0 Å². The maximum atomic E-state index is 11.2. The van der Waals surface area contributed by atoms with Gasteiger partial charge in [0.25, 0.3) is 0 Å². The molecule has 1 amide bonds. The van der Waals surface area contributed by atoms with Crippen LogP contribution in [0, 0.1) is 0 Å². The van der Waals surface area contributed by atoms with Crippen molar-refractivity contribution in [2.45, 2.75) is 26.2 Å². The van der Waals surface area contributed by atoms with Gasteiger partial charge in [-0.05, 0) is 29.2 Å². The molecule has 102 valence electrons. The zero-order valence-electron chi connectivity index (χ0n) is 11.6. The van der Waals surface area contributed by atoms with Gasteiger partial charge in [-0.25, -0.2) is 4.79 Å². The summed E-state index contributed by atoms with van der Waals surface area (Å²) in [5.74, 6) is 0. The van der Waals surface area contributed by atoms with Gasteiger partial charge in [0.1, 0.15) is 0 Å². The first kappa shape index (κ1) is 14.9. The third kappa shape index (κ3) is 4.54. The monoisotopic (exact) mass is 262 g/mol. The summed E-state index contributed by atoms with van der Waals surface area (Å²) in [6.45, 7) is 6.16. The molecule has 19 heavy (non-hydrogen) atoms. The minimum atomic E-state index is -0.545. The highest BCUT2D eigenvalue weighted by molar-refractivity contribution is 6.13. The summed E-state index contributed by atoms with van der Waals surface area (Å²) in [5.41, 5.74) is 2.09. The van der Waals surface area contributed by atoms with Crippen LogP contribution in [0.25, 0.3) is 0 Å². The van der Waals surface area contributed by atoms with Gasteiger partial charge in [-0.1, -0.05) is 20.8 Å². The lowest BCUT2D eigenvalue weighted by atomic mass is 9.86. The van der Waals surface area contributed by atoms with Crippen molar-refractivity contribution in [2.24, 2.45) is 4.99 Å². The number of nitrogens with zero attached hydrogens (tertiary/aromatic N) is 1. The van der Waals surface area contributed by atoms with Crippen molar-refractivity contribution in [2.75, 3.05) is 12.4 Å². The van der Waals surface area contributed by atoms with E-state index in [0.717, 1.165) is 5.56 Å². The van der Waals surface area contributed by atoms with Crippen LogP contribution in [-0.2, 0) is 14.9 Å². The molecule has 0 saturated carbocycles. The summed E-state index contributed by atoms with van der Waals surface area (Å²) < 4.78 is 4.56. The number of ether oxygens (including phenoxy) is 1. The van der Waals surface area contributed by atoms with E-state index in [2.05, 4.69) is 35.8 Å². The van der Waals surface area contributed by atoms with E-state index in [0.29, 0.717) is 17.7 Å². The number of carbonyl (C=O) groups is 2. The Bertz CT molecular complexity index is 502. The molecule has 1 aromatic rings. The summed E-state index contributed by atoms with van der Waals surface area (Å²) in [7, 11) is 1.30. The Kier molecular flexibility index (Phi) is 4.80. The van der Waals surface area contributed by atoms with E-state index in [4.69, 9.17) is 0 Å². The van der Waals surface area contributed by atoms with Crippen LogP contribution in [0.2, 0.25) is 0 Å². The highest BCUT2D eigenvalue weighted by Crippen LogP contribution is 2.29. The van der Waals surface area contributed by atoms with Crippen molar-refractivity contribution in [1.29, 1.82) is 0 Å². The fourth-order valence-electron chi connectivity index (χ4n) is 1.48. The Morgan fingerprint density at radius 1 is 1.32 bits per heavy atom. The van der Waals surface area contributed by atoms with Crippen LogP contribution in [0.5, 0.6) is 0 Å². The number of nitrogens with one attached hydrogen (secondary N) is 1. The molecule has 0 fully saturated rings. The SMILES string of the molecule is COC(=O)Nc1cc(N=CC=O)cc(C(C)(C)C)c1. The molecule has 0 aliphatic carbocycles. The predicted molar refractivity (Wildman–Crippen MR) is 75.4 cm³/mol. The third-order valence-corrected chi connectivity index (χ3v) is 2.50. The molecule has 0 bridgehead atoms. The van der Waals surface area contributed by atoms with Crippen LogP contribution in [0.3, 0.4) is 0 Å². The maximum absolute atomic E-state index is 11.2. The molecular weight excluding hydrogens is 244 g/mol. The van der Waals surface area contributed by atoms with Crippen LogP contribution in [-0.4, -0.2) is 25.7 Å². The normalized spacial score (nSPS) is 11.4. The van der Waals surface area contributed by atoms with E-state index in [-0.39, 0.29) is 5.41 Å². The Hall–Kier alpha value is -2.17. The van der Waals surface area contributed by atoms with Gasteiger partial charge >= 0.3 is 6.09 Å². The van der Waals surface area contributed by atoms with Crippen LogP contribution < -0.4 is 5.32 Å². The number of benzene rings is 1. The standard InChI is InChI=1S/C14H18N2O3/c1-14(2,3)10-7-11(15-5-6-17)9-12(8-10)16-13(18)19-4/h5-9H,1-4H3,(H,16,18). The van der Waals surface area contributed by atoms with Gasteiger partial charge in [-0.2, -0.15) is 0 Å². The average molecular weight is 262 g/mol. The molecule has 5 heteroatoms. The Morgan fingerprint density at radius 2 is 2.00 bits per heavy atom. The molecule has 1 aromatic carbocycles. The molecule has 0 aromatic heterocycles. The van der Waals surface area contributed by atoms with Crippen LogP contribution in [0.1, 0.15) is 26.3 Å². The van der Waals surface area contributed by atoms with Crippen molar-refractivity contribution in [3.63, 3.8) is 0 Å². The number of hydrogen-bond donors (Lipinski definition) is 1. The van der Waals surface area contributed by atoms with E-state index < -0.39 is 6.09 Å². The topological polar surface area (TPSA) is 67.8 Å². The fraction of sp³-hybridized carbons (Fsp3) is 0.357. The summed E-state index contributed by atoms with van der Waals surface area (Å²) in [6, 6.07) is 5.41. The summed E-state index contributed by atoms with van der Waals surface area (Å²) in [4.78, 5) is 25.6. The van der Waals surface area contributed by atoms with Gasteiger partial charge in [-0.3, -0.25) is 15.1 Å². The Labute approximate surface area is 112 Å². The van der Waals surface area contributed by atoms with Gasteiger partial charge in [0, 0.05) is 5.69 Å². The highest BCUT2D eigenvalue weighted by Gasteiger charge is 2.16. The van der Waals surface area contributed by atoms with Crippen molar-refractivity contribution in [3.05, 3.63) is 23.8 Å². The lowest BCUT2D eigenvalue weighted by molar-refractivity contribution is -0.102. The molecule has 0 atom stereocenters. The Balaban J connectivity index is 3.19. The molecule has 0 aliphatic heterocycles. The van der Waals surface area contributed by atoms with E-state index in [1.54, 1.807) is 6.07 Å². The molecule has 0 radical (unpaired) electrons. The second-order valence-electron chi connectivity index (χ2n) is 5.05. The van der Waals surface area contributed by atoms with Crippen molar-refractivity contribution in [1.82, 2.24) is 0 Å². The summed E-state index contributed by atoms with van der Waals surface area (Å²) in [6.07, 6.45) is 1.23. The largest absolute Gasteiger partial charge is 0.453 e.